The van der Waals surface area contributed by atoms with E-state index in [2.05, 4.69) is 11.6 Å². The zero-order valence-electron chi connectivity index (χ0n) is 71.4. The van der Waals surface area contributed by atoms with Crippen LogP contribution in [0.2, 0.25) is 15.1 Å². The summed E-state index contributed by atoms with van der Waals surface area (Å²) >= 11 is 21.3. The molecule has 125 heavy (non-hydrogen) atoms. The maximum Gasteiger partial charge on any atom is 0.355 e. The molecule has 7 atom stereocenters. The summed E-state index contributed by atoms with van der Waals surface area (Å²) in [5.74, 6) is -3.70. The van der Waals surface area contributed by atoms with Crippen molar-refractivity contribution in [2.24, 2.45) is 0 Å². The Morgan fingerprint density at radius 3 is 1.37 bits per heavy atom. The van der Waals surface area contributed by atoms with Gasteiger partial charge in [-0.3, -0.25) is 29.3 Å². The van der Waals surface area contributed by atoms with Gasteiger partial charge in [0.25, 0.3) is 0 Å². The first kappa shape index (κ1) is 87.2. The number of carbonyl (C=O) groups excluding carboxylic acids is 3. The van der Waals surface area contributed by atoms with E-state index in [1.54, 1.807) is 94.8 Å². The third kappa shape index (κ3) is 16.0. The van der Waals surface area contributed by atoms with E-state index in [9.17, 15) is 24.3 Å². The highest BCUT2D eigenvalue weighted by atomic mass is 35.5. The van der Waals surface area contributed by atoms with Gasteiger partial charge in [-0.1, -0.05) is 106 Å². The number of benzene rings is 3. The molecule has 644 valence electrons. The summed E-state index contributed by atoms with van der Waals surface area (Å²) in [6.45, 7) is 31.4. The average molecular weight is 1750 g/mol. The van der Waals surface area contributed by atoms with Crippen molar-refractivity contribution in [3.8, 4) is 56.6 Å². The van der Waals surface area contributed by atoms with Crippen LogP contribution in [-0.4, -0.2) is 172 Å². The third-order valence-corrected chi connectivity index (χ3v) is 24.6. The number of carbonyl (C=O) groups is 3. The number of allylic oxidation sites excluding steroid dienone is 1. The van der Waals surface area contributed by atoms with Gasteiger partial charge < -0.3 is 40.2 Å². The molecule has 3 amide bonds. The molecule has 9 aromatic heterocycles. The Kier molecular flexibility index (Phi) is 24.2. The number of nitrogens with zero attached hydrogens (tertiary/aromatic N) is 18. The number of fused-ring (bicyclic) bond motifs is 3. The lowest BCUT2D eigenvalue weighted by Gasteiger charge is -2.44. The number of aromatic hydroxyl groups is 1. The Balaban J connectivity index is 0.718. The Morgan fingerprint density at radius 1 is 0.504 bits per heavy atom. The van der Waals surface area contributed by atoms with Gasteiger partial charge in [0.1, 0.15) is 40.7 Å². The number of pyridine rings is 6. The number of nitrogen functional groups attached to an aromatic ring is 1. The zero-order chi connectivity index (χ0) is 89.5. The average Bonchev–Trinajstić information content (AvgIpc) is 0.735. The molecule has 3 aliphatic rings. The van der Waals surface area contributed by atoms with E-state index in [0.717, 1.165) is 6.07 Å². The van der Waals surface area contributed by atoms with E-state index in [1.165, 1.54) is 74.4 Å². The second kappa shape index (κ2) is 34.8. The van der Waals surface area contributed by atoms with Crippen LogP contribution in [0.1, 0.15) is 140 Å². The van der Waals surface area contributed by atoms with Gasteiger partial charge in [0.2, 0.25) is 17.7 Å². The molecule has 32 heteroatoms. The van der Waals surface area contributed by atoms with Gasteiger partial charge in [-0.25, -0.2) is 56.2 Å². The van der Waals surface area contributed by atoms with Gasteiger partial charge in [-0.05, 0) is 188 Å². The molecule has 7 unspecified atom stereocenters. The highest BCUT2D eigenvalue weighted by molar-refractivity contribution is 6.35. The molecule has 0 radical (unpaired) electrons. The zero-order valence-corrected chi connectivity index (χ0v) is 73.7. The number of amides is 3. The number of hydrogen-bond acceptors (Lipinski definition) is 20. The second-order valence-corrected chi connectivity index (χ2v) is 34.5. The molecule has 0 bridgehead atoms. The molecule has 0 spiro atoms. The number of hydrogen-bond donors (Lipinski definition) is 2. The van der Waals surface area contributed by atoms with Crippen molar-refractivity contribution in [3.63, 3.8) is 0 Å². The topological polar surface area (TPSA) is 299 Å². The minimum absolute atomic E-state index is 0.0199. The van der Waals surface area contributed by atoms with Crippen LogP contribution in [0.25, 0.3) is 90.0 Å². The number of halogens is 6. The van der Waals surface area contributed by atoms with Gasteiger partial charge >= 0.3 is 17.1 Å². The fourth-order valence-corrected chi connectivity index (χ4v) is 18.8. The number of phenolic OH excluding ortho intramolecular Hbond substituents is 1. The fourth-order valence-electron chi connectivity index (χ4n) is 18.1. The number of nitrogens with two attached hydrogens (primary N) is 1. The van der Waals surface area contributed by atoms with E-state index in [1.807, 2.05) is 105 Å². The van der Waals surface area contributed by atoms with Crippen LogP contribution in [0, 0.1) is 38.2 Å². The summed E-state index contributed by atoms with van der Waals surface area (Å²) in [5.41, 5.74) is 9.18. The Bertz CT molecular complexity index is 6620. The maximum atomic E-state index is 16.2. The number of phenols is 1. The van der Waals surface area contributed by atoms with Crippen LogP contribution in [0.5, 0.6) is 5.75 Å². The molecule has 3 saturated heterocycles. The summed E-state index contributed by atoms with van der Waals surface area (Å²) in [6.07, 6.45) is 12.8. The molecule has 3 fully saturated rings. The van der Waals surface area contributed by atoms with Crippen LogP contribution < -0.4 is 37.5 Å². The minimum atomic E-state index is -0.841. The lowest BCUT2D eigenvalue weighted by atomic mass is 9.98. The molecule has 3 N–H and O–H groups in total. The Morgan fingerprint density at radius 2 is 0.904 bits per heavy atom. The molecule has 26 nitrogen and oxygen atoms in total. The van der Waals surface area contributed by atoms with Crippen molar-refractivity contribution < 1.29 is 32.7 Å². The largest absolute Gasteiger partial charge is 0.507 e. The van der Waals surface area contributed by atoms with Crippen molar-refractivity contribution in [3.05, 3.63) is 244 Å². The standard InChI is InChI=1S/C93H93Cl3F3N19O7/c1-16-71(120)113-51(9)40-110(41-52(113)10)85-60-36-63(94)79(59-23-17-18-24-66(59)97)104-88(60)117(92(124)108-85)83-50(8)33-35-102-78(83)48(6)22-19-29-72(121)114-53(11)42-111(43-54(114)12)87-62-38-65(96)81(75-68(99)26-21-28-70(75)119)106-90(62)118(93(125)109-87)84-57(15)58(39-103-77(84)47(4)5)30-31-73(122)115-55(13)44-112(45-56(115)14)86-61-37-64(95)80(74-67(98)25-20-27-69(74)100)105-89(61)116(91(123)107-86)82-49(7)32-34-101-76(82)46(2)3/h16-21,23-39,46-48,51-56,119H,1,22,40-45,100H2,2-15H3/b29-19-,31-30?. The third-order valence-electron chi connectivity index (χ3n) is 23.7. The monoisotopic (exact) mass is 1750 g/mol. The minimum Gasteiger partial charge on any atom is -0.507 e. The van der Waals surface area contributed by atoms with Crippen molar-refractivity contribution in [2.45, 2.75) is 157 Å². The quantitative estimate of drug-likeness (QED) is 0.0596. The molecule has 12 heterocycles. The summed E-state index contributed by atoms with van der Waals surface area (Å²) in [7, 11) is 0. The van der Waals surface area contributed by atoms with Gasteiger partial charge in [0, 0.05) is 117 Å². The van der Waals surface area contributed by atoms with E-state index < -0.39 is 70.4 Å². The van der Waals surface area contributed by atoms with E-state index >= 15 is 22.8 Å². The normalized spacial score (nSPS) is 18.0. The molecular formula is C93H93Cl3F3N19O7. The summed E-state index contributed by atoms with van der Waals surface area (Å²) in [6, 6.07) is 19.8. The van der Waals surface area contributed by atoms with E-state index in [4.69, 9.17) is 80.4 Å². The Hall–Kier alpha value is -12.7. The first-order valence-corrected chi connectivity index (χ1v) is 42.5. The van der Waals surface area contributed by atoms with Gasteiger partial charge in [-0.15, -0.1) is 0 Å². The van der Waals surface area contributed by atoms with Crippen LogP contribution >= 0.6 is 34.8 Å². The van der Waals surface area contributed by atoms with Gasteiger partial charge in [0.05, 0.1) is 93.6 Å². The van der Waals surface area contributed by atoms with Crippen LogP contribution in [0.4, 0.5) is 36.3 Å². The Labute approximate surface area is 733 Å². The number of anilines is 4. The van der Waals surface area contributed by atoms with E-state index in [0.29, 0.717) is 74.6 Å². The number of aryl methyl sites for hydroxylation is 2. The molecule has 3 aliphatic heterocycles. The van der Waals surface area contributed by atoms with Crippen molar-refractivity contribution in [1.82, 2.24) is 73.3 Å². The van der Waals surface area contributed by atoms with Crippen molar-refractivity contribution in [2.75, 3.05) is 59.7 Å². The van der Waals surface area contributed by atoms with Gasteiger partial charge in [-0.2, -0.15) is 15.0 Å². The SMILES string of the molecule is C=CC(=O)N1C(C)CN(c2nc(=O)n(-c3c(C)ccnc3C(C)C/C=C\C(=O)N3C(C)CN(c4nc(=O)n(-c5c(C(C)C)ncc(C=CC(=O)N6C(C)CN(c7nc(=O)n(-c8c(C)ccnc8C(C)C)c8nc(-c9c(N)cccc9F)c(Cl)cc78)CC6C)c5C)c5nc(-c6c(O)cccc6F)c(Cl)cc45)CC3C)c3nc(-c4ccccc4F)c(Cl)cc23)CC1C. The predicted molar refractivity (Wildman–Crippen MR) is 484 cm³/mol. The van der Waals surface area contributed by atoms with Crippen LogP contribution in [0.3, 0.4) is 0 Å². The lowest BCUT2D eigenvalue weighted by Crippen LogP contribution is -2.58. The molecule has 12 aromatic rings. The second-order valence-electron chi connectivity index (χ2n) is 33.3. The number of rotatable bonds is 18. The van der Waals surface area contributed by atoms with Gasteiger partial charge in [0.15, 0.2) is 16.9 Å². The summed E-state index contributed by atoms with van der Waals surface area (Å²) in [4.78, 5) is 143. The highest BCUT2D eigenvalue weighted by Gasteiger charge is 2.40. The fraction of sp³-hybridized carbons (Fsp3) is 0.323. The maximum absolute atomic E-state index is 16.2. The molecule has 0 saturated carbocycles. The molecule has 0 aliphatic carbocycles. The molecule has 3 aromatic carbocycles. The van der Waals surface area contributed by atoms with E-state index in [-0.39, 0.29) is 174 Å². The smallest absolute Gasteiger partial charge is 0.355 e. The summed E-state index contributed by atoms with van der Waals surface area (Å²) in [5, 5.41) is 12.4. The van der Waals surface area contributed by atoms with Crippen LogP contribution in [0.15, 0.2) is 155 Å². The number of piperazine rings is 3. The van der Waals surface area contributed by atoms with Crippen molar-refractivity contribution in [1.29, 1.82) is 0 Å². The predicted octanol–water partition coefficient (Wildman–Crippen LogP) is 15.9. The first-order valence-electron chi connectivity index (χ1n) is 41.3. The molecular weight excluding hydrogens is 1660 g/mol. The highest BCUT2D eigenvalue weighted by Crippen LogP contribution is 2.44. The molecule has 15 rings (SSSR count). The summed E-state index contributed by atoms with van der Waals surface area (Å²) < 4.78 is 51.8. The van der Waals surface area contributed by atoms with Crippen molar-refractivity contribution >= 4 is 115 Å². The first-order chi connectivity index (χ1) is 59.6. The lowest BCUT2D eigenvalue weighted by molar-refractivity contribution is -0.131. The number of aromatic nitrogens is 12. The van der Waals surface area contributed by atoms with Crippen LogP contribution in [-0.2, 0) is 14.4 Å².